The molecule has 0 bridgehead atoms. The molecule has 0 fully saturated rings. The Balaban J connectivity index is 1.91. The molecular weight excluding hydrogens is 302 g/mol. The molecule has 22 heavy (non-hydrogen) atoms. The highest BCUT2D eigenvalue weighted by molar-refractivity contribution is 7.10. The summed E-state index contributed by atoms with van der Waals surface area (Å²) in [5.41, 5.74) is 6.31. The Morgan fingerprint density at radius 3 is 2.95 bits per heavy atom. The number of fused-ring (bicyclic) bond motifs is 1. The van der Waals surface area contributed by atoms with Crippen molar-refractivity contribution in [3.8, 4) is 11.5 Å². The van der Waals surface area contributed by atoms with Gasteiger partial charge in [-0.2, -0.15) is 0 Å². The Bertz CT molecular complexity index is 778. The number of allylic oxidation sites excluding steroid dienone is 1. The molecule has 0 unspecified atom stereocenters. The number of rotatable bonds is 4. The SMILES string of the molecule is Cc1cc(OCC(N)=O)cc2c1C(=O)/C(=C/c1cccs1)O2. The zero-order chi connectivity index (χ0) is 15.7. The fraction of sp³-hybridized carbons (Fsp3) is 0.125. The summed E-state index contributed by atoms with van der Waals surface area (Å²) in [7, 11) is 0. The predicted molar refractivity (Wildman–Crippen MR) is 83.1 cm³/mol. The van der Waals surface area contributed by atoms with Crippen molar-refractivity contribution in [2.24, 2.45) is 5.73 Å². The maximum atomic E-state index is 12.4. The molecule has 0 atom stereocenters. The molecule has 0 aliphatic carbocycles. The van der Waals surface area contributed by atoms with Gasteiger partial charge in [0.2, 0.25) is 5.78 Å². The summed E-state index contributed by atoms with van der Waals surface area (Å²) in [4.78, 5) is 24.1. The monoisotopic (exact) mass is 315 g/mol. The van der Waals surface area contributed by atoms with Crippen molar-refractivity contribution in [2.45, 2.75) is 6.92 Å². The molecule has 1 aromatic heterocycles. The molecule has 1 aliphatic rings. The van der Waals surface area contributed by atoms with Crippen LogP contribution >= 0.6 is 11.3 Å². The lowest BCUT2D eigenvalue weighted by atomic mass is 10.0. The Morgan fingerprint density at radius 2 is 2.27 bits per heavy atom. The molecule has 0 saturated heterocycles. The van der Waals surface area contributed by atoms with Crippen LogP contribution < -0.4 is 15.2 Å². The maximum absolute atomic E-state index is 12.4. The van der Waals surface area contributed by atoms with Crippen LogP contribution in [0.25, 0.3) is 6.08 Å². The van der Waals surface area contributed by atoms with Gasteiger partial charge in [-0.3, -0.25) is 9.59 Å². The molecule has 0 saturated carbocycles. The van der Waals surface area contributed by atoms with Crippen LogP contribution in [-0.4, -0.2) is 18.3 Å². The minimum atomic E-state index is -0.562. The van der Waals surface area contributed by atoms with Crippen LogP contribution in [0.3, 0.4) is 0 Å². The molecule has 6 heteroatoms. The van der Waals surface area contributed by atoms with E-state index in [9.17, 15) is 9.59 Å². The molecule has 112 valence electrons. The first-order chi connectivity index (χ1) is 10.5. The summed E-state index contributed by atoms with van der Waals surface area (Å²) in [6.45, 7) is 1.58. The number of hydrogen-bond acceptors (Lipinski definition) is 5. The van der Waals surface area contributed by atoms with Crippen molar-refractivity contribution < 1.29 is 19.1 Å². The van der Waals surface area contributed by atoms with Gasteiger partial charge in [0.1, 0.15) is 11.5 Å². The molecule has 3 rings (SSSR count). The molecule has 1 aromatic carbocycles. The van der Waals surface area contributed by atoms with E-state index in [2.05, 4.69) is 0 Å². The van der Waals surface area contributed by atoms with E-state index in [0.29, 0.717) is 17.1 Å². The van der Waals surface area contributed by atoms with E-state index in [4.69, 9.17) is 15.2 Å². The average Bonchev–Trinajstić information content (AvgIpc) is 3.06. The van der Waals surface area contributed by atoms with Gasteiger partial charge in [-0.25, -0.2) is 0 Å². The highest BCUT2D eigenvalue weighted by Crippen LogP contribution is 2.37. The predicted octanol–water partition coefficient (Wildman–Crippen LogP) is 2.54. The van der Waals surface area contributed by atoms with Crippen molar-refractivity contribution in [3.63, 3.8) is 0 Å². The maximum Gasteiger partial charge on any atom is 0.255 e. The van der Waals surface area contributed by atoms with Crippen molar-refractivity contribution in [2.75, 3.05) is 6.61 Å². The fourth-order valence-corrected chi connectivity index (χ4v) is 2.86. The summed E-state index contributed by atoms with van der Waals surface area (Å²) in [6.07, 6.45) is 1.72. The first-order valence-corrected chi connectivity index (χ1v) is 7.46. The normalized spacial score (nSPS) is 14.8. The standard InChI is InChI=1S/C16H13NO4S/c1-9-5-10(20-8-14(17)18)6-12-15(9)16(19)13(21-12)7-11-3-2-4-22-11/h2-7H,8H2,1H3,(H2,17,18)/b13-7-. The van der Waals surface area contributed by atoms with Crippen molar-refractivity contribution >= 4 is 29.1 Å². The molecular formula is C16H13NO4S. The zero-order valence-electron chi connectivity index (χ0n) is 11.8. The van der Waals surface area contributed by atoms with Gasteiger partial charge in [0.15, 0.2) is 12.4 Å². The van der Waals surface area contributed by atoms with Crippen LogP contribution in [0.15, 0.2) is 35.4 Å². The Morgan fingerprint density at radius 1 is 1.45 bits per heavy atom. The summed E-state index contributed by atoms with van der Waals surface area (Å²) < 4.78 is 10.9. The summed E-state index contributed by atoms with van der Waals surface area (Å²) in [5.74, 6) is 0.455. The van der Waals surface area contributed by atoms with Gasteiger partial charge in [0.05, 0.1) is 5.56 Å². The van der Waals surface area contributed by atoms with E-state index in [0.717, 1.165) is 10.4 Å². The van der Waals surface area contributed by atoms with Crippen LogP contribution in [0, 0.1) is 6.92 Å². The number of nitrogens with two attached hydrogens (primary N) is 1. The highest BCUT2D eigenvalue weighted by atomic mass is 32.1. The summed E-state index contributed by atoms with van der Waals surface area (Å²) >= 11 is 1.52. The van der Waals surface area contributed by atoms with E-state index in [1.807, 2.05) is 17.5 Å². The minimum Gasteiger partial charge on any atom is -0.484 e. The molecule has 0 radical (unpaired) electrons. The van der Waals surface area contributed by atoms with Gasteiger partial charge in [-0.05, 0) is 30.0 Å². The molecule has 2 heterocycles. The van der Waals surface area contributed by atoms with Gasteiger partial charge in [-0.15, -0.1) is 11.3 Å². The van der Waals surface area contributed by atoms with Gasteiger partial charge in [0, 0.05) is 17.0 Å². The zero-order valence-corrected chi connectivity index (χ0v) is 12.6. The van der Waals surface area contributed by atoms with Gasteiger partial charge < -0.3 is 15.2 Å². The lowest BCUT2D eigenvalue weighted by Gasteiger charge is -2.07. The first-order valence-electron chi connectivity index (χ1n) is 6.58. The third-order valence-corrected chi connectivity index (χ3v) is 3.96. The average molecular weight is 315 g/mol. The number of hydrogen-bond donors (Lipinski definition) is 1. The van der Waals surface area contributed by atoms with Crippen molar-refractivity contribution in [1.29, 1.82) is 0 Å². The van der Waals surface area contributed by atoms with E-state index in [1.54, 1.807) is 25.1 Å². The number of primary amides is 1. The van der Waals surface area contributed by atoms with Gasteiger partial charge in [0.25, 0.3) is 5.91 Å². The lowest BCUT2D eigenvalue weighted by molar-refractivity contribution is -0.119. The first kappa shape index (κ1) is 14.3. The molecule has 2 N–H and O–H groups in total. The van der Waals surface area contributed by atoms with Crippen LogP contribution in [0.4, 0.5) is 0 Å². The number of thiophene rings is 1. The third kappa shape index (κ3) is 2.73. The second kappa shape index (κ2) is 5.65. The van der Waals surface area contributed by atoms with E-state index >= 15 is 0 Å². The second-order valence-corrected chi connectivity index (χ2v) is 5.80. The van der Waals surface area contributed by atoms with Crippen molar-refractivity contribution in [1.82, 2.24) is 0 Å². The lowest BCUT2D eigenvalue weighted by Crippen LogP contribution is -2.20. The van der Waals surface area contributed by atoms with Crippen LogP contribution in [0.1, 0.15) is 20.8 Å². The number of aryl methyl sites for hydroxylation is 1. The smallest absolute Gasteiger partial charge is 0.255 e. The second-order valence-electron chi connectivity index (χ2n) is 4.82. The largest absolute Gasteiger partial charge is 0.484 e. The van der Waals surface area contributed by atoms with E-state index in [1.165, 1.54) is 11.3 Å². The van der Waals surface area contributed by atoms with Crippen LogP contribution in [0.2, 0.25) is 0 Å². The molecule has 5 nitrogen and oxygen atoms in total. The number of carbonyl (C=O) groups excluding carboxylic acids is 2. The third-order valence-electron chi connectivity index (χ3n) is 3.14. The molecule has 1 aliphatic heterocycles. The van der Waals surface area contributed by atoms with Gasteiger partial charge in [-0.1, -0.05) is 6.07 Å². The van der Waals surface area contributed by atoms with Gasteiger partial charge >= 0.3 is 0 Å². The van der Waals surface area contributed by atoms with E-state index in [-0.39, 0.29) is 18.1 Å². The number of Topliss-reactive ketones (excluding diaryl/α,β-unsaturated/α-hetero) is 1. The molecule has 1 amide bonds. The Hall–Kier alpha value is -2.60. The summed E-state index contributed by atoms with van der Waals surface area (Å²) in [6, 6.07) is 7.10. The Kier molecular flexibility index (Phi) is 3.68. The number of benzene rings is 1. The minimum absolute atomic E-state index is 0.151. The molecule has 0 spiro atoms. The molecule has 2 aromatic rings. The summed E-state index contributed by atoms with van der Waals surface area (Å²) in [5, 5.41) is 1.93. The topological polar surface area (TPSA) is 78.6 Å². The highest BCUT2D eigenvalue weighted by Gasteiger charge is 2.30. The number of carbonyl (C=O) groups is 2. The number of amides is 1. The fourth-order valence-electron chi connectivity index (χ4n) is 2.22. The number of ether oxygens (including phenoxy) is 2. The van der Waals surface area contributed by atoms with Crippen LogP contribution in [0.5, 0.6) is 11.5 Å². The quantitative estimate of drug-likeness (QED) is 0.879. The van der Waals surface area contributed by atoms with Crippen molar-refractivity contribution in [3.05, 3.63) is 51.4 Å². The Labute approximate surface area is 131 Å². The number of ketones is 1. The van der Waals surface area contributed by atoms with E-state index < -0.39 is 5.91 Å². The van der Waals surface area contributed by atoms with Crippen LogP contribution in [-0.2, 0) is 4.79 Å².